The molecule has 0 aliphatic heterocycles. The lowest BCUT2D eigenvalue weighted by Gasteiger charge is -2.29. The molecule has 1 aromatic heterocycles. The van der Waals surface area contributed by atoms with Gasteiger partial charge in [-0.2, -0.15) is 0 Å². The lowest BCUT2D eigenvalue weighted by molar-refractivity contribution is 0.0590. The van der Waals surface area contributed by atoms with Gasteiger partial charge in [-0.25, -0.2) is 22.9 Å². The quantitative estimate of drug-likeness (QED) is 0.720. The SMILES string of the molecule is COC(=O)c1ncsc1S(=O)(=O)NC(CN)C1CCCCC1.Cl. The van der Waals surface area contributed by atoms with Gasteiger partial charge in [0, 0.05) is 12.6 Å². The van der Waals surface area contributed by atoms with Crippen molar-refractivity contribution in [2.24, 2.45) is 11.7 Å². The van der Waals surface area contributed by atoms with Crippen LogP contribution in [-0.4, -0.2) is 39.1 Å². The highest BCUT2D eigenvalue weighted by Crippen LogP contribution is 2.28. The van der Waals surface area contributed by atoms with Gasteiger partial charge in [0.25, 0.3) is 10.0 Å². The lowest BCUT2D eigenvalue weighted by Crippen LogP contribution is -2.45. The molecule has 0 bridgehead atoms. The molecule has 132 valence electrons. The number of thiazole rings is 1. The molecule has 1 aromatic rings. The van der Waals surface area contributed by atoms with Gasteiger partial charge >= 0.3 is 5.97 Å². The Kier molecular flexibility index (Phi) is 7.88. The minimum Gasteiger partial charge on any atom is -0.464 e. The van der Waals surface area contributed by atoms with E-state index in [-0.39, 0.29) is 40.8 Å². The molecule has 1 fully saturated rings. The summed E-state index contributed by atoms with van der Waals surface area (Å²) in [5, 5.41) is 0. The monoisotopic (exact) mass is 383 g/mol. The molecule has 7 nitrogen and oxygen atoms in total. The largest absolute Gasteiger partial charge is 0.464 e. The molecule has 1 saturated carbocycles. The summed E-state index contributed by atoms with van der Waals surface area (Å²) in [7, 11) is -2.65. The number of methoxy groups -OCH3 is 1. The molecular formula is C13H22ClN3O4S2. The van der Waals surface area contributed by atoms with E-state index in [4.69, 9.17) is 5.73 Å². The molecule has 0 spiro atoms. The summed E-state index contributed by atoms with van der Waals surface area (Å²) in [6, 6.07) is -0.321. The van der Waals surface area contributed by atoms with Crippen molar-refractivity contribution in [3.05, 3.63) is 11.2 Å². The Morgan fingerprint density at radius 3 is 2.70 bits per heavy atom. The zero-order valence-electron chi connectivity index (χ0n) is 12.9. The highest BCUT2D eigenvalue weighted by molar-refractivity contribution is 7.91. The van der Waals surface area contributed by atoms with Crippen LogP contribution in [-0.2, 0) is 14.8 Å². The van der Waals surface area contributed by atoms with E-state index in [1.165, 1.54) is 19.0 Å². The average molecular weight is 384 g/mol. The summed E-state index contributed by atoms with van der Waals surface area (Å²) in [6.07, 6.45) is 5.31. The van der Waals surface area contributed by atoms with Crippen LogP contribution in [0.4, 0.5) is 0 Å². The maximum absolute atomic E-state index is 12.5. The molecule has 1 heterocycles. The summed E-state index contributed by atoms with van der Waals surface area (Å²) in [5.74, 6) is -0.522. The highest BCUT2D eigenvalue weighted by atomic mass is 35.5. The number of carbonyl (C=O) groups excluding carboxylic acids is 1. The van der Waals surface area contributed by atoms with E-state index >= 15 is 0 Å². The van der Waals surface area contributed by atoms with Crippen molar-refractivity contribution in [1.29, 1.82) is 0 Å². The van der Waals surface area contributed by atoms with Crippen LogP contribution >= 0.6 is 23.7 Å². The molecule has 1 atom stereocenters. The number of nitrogens with two attached hydrogens (primary N) is 1. The first-order valence-electron chi connectivity index (χ1n) is 7.23. The van der Waals surface area contributed by atoms with E-state index in [0.717, 1.165) is 37.0 Å². The molecular weight excluding hydrogens is 362 g/mol. The fraction of sp³-hybridized carbons (Fsp3) is 0.692. The van der Waals surface area contributed by atoms with E-state index in [1.807, 2.05) is 0 Å². The molecule has 10 heteroatoms. The number of nitrogens with zero attached hydrogens (tertiary/aromatic N) is 1. The number of halogens is 1. The molecule has 0 aromatic carbocycles. The summed E-state index contributed by atoms with van der Waals surface area (Å²) in [6.45, 7) is 0.232. The van der Waals surface area contributed by atoms with Crippen LogP contribution in [0.5, 0.6) is 0 Å². The van der Waals surface area contributed by atoms with E-state index < -0.39 is 16.0 Å². The first-order chi connectivity index (χ1) is 10.5. The zero-order valence-corrected chi connectivity index (χ0v) is 15.3. The fourth-order valence-corrected chi connectivity index (χ4v) is 5.25. The van der Waals surface area contributed by atoms with Crippen molar-refractivity contribution in [1.82, 2.24) is 9.71 Å². The Balaban J connectivity index is 0.00000264. The summed E-state index contributed by atoms with van der Waals surface area (Å²) in [5.41, 5.74) is 6.89. The van der Waals surface area contributed by atoms with Crippen molar-refractivity contribution in [3.8, 4) is 0 Å². The number of esters is 1. The van der Waals surface area contributed by atoms with E-state index in [1.54, 1.807) is 0 Å². The van der Waals surface area contributed by atoms with Gasteiger partial charge < -0.3 is 10.5 Å². The Morgan fingerprint density at radius 2 is 2.13 bits per heavy atom. The normalized spacial score (nSPS) is 17.3. The number of hydrogen-bond acceptors (Lipinski definition) is 7. The van der Waals surface area contributed by atoms with Crippen LogP contribution in [0.3, 0.4) is 0 Å². The van der Waals surface area contributed by atoms with Gasteiger partial charge in [0.05, 0.1) is 12.6 Å². The van der Waals surface area contributed by atoms with E-state index in [0.29, 0.717) is 0 Å². The maximum Gasteiger partial charge on any atom is 0.358 e. The standard InChI is InChI=1S/C13H21N3O4S2.ClH/c1-20-12(17)11-13(21-8-15-11)22(18,19)16-10(7-14)9-5-3-2-4-6-9;/h8-10,16H,2-7,14H2,1H3;1H. The number of sulfonamides is 1. The second-order valence-electron chi connectivity index (χ2n) is 5.34. The molecule has 2 rings (SSSR count). The molecule has 0 saturated heterocycles. The Hall–Kier alpha value is -0.740. The third-order valence-corrected chi connectivity index (χ3v) is 6.80. The molecule has 0 radical (unpaired) electrons. The molecule has 1 aliphatic rings. The van der Waals surface area contributed by atoms with Crippen LogP contribution in [0, 0.1) is 5.92 Å². The topological polar surface area (TPSA) is 111 Å². The summed E-state index contributed by atoms with van der Waals surface area (Å²) >= 11 is 0.896. The van der Waals surface area contributed by atoms with Gasteiger partial charge in [-0.3, -0.25) is 0 Å². The van der Waals surface area contributed by atoms with Crippen molar-refractivity contribution >= 4 is 39.7 Å². The predicted octanol–water partition coefficient (Wildman–Crippen LogP) is 1.54. The van der Waals surface area contributed by atoms with Gasteiger partial charge in [-0.15, -0.1) is 23.7 Å². The Labute approximate surface area is 146 Å². The number of carbonyl (C=O) groups is 1. The minimum absolute atomic E-state index is 0. The minimum atomic E-state index is -3.84. The molecule has 1 unspecified atom stereocenters. The van der Waals surface area contributed by atoms with Gasteiger partial charge in [0.1, 0.15) is 0 Å². The number of hydrogen-bond donors (Lipinski definition) is 2. The molecule has 1 aliphatic carbocycles. The van der Waals surface area contributed by atoms with Crippen LogP contribution in [0.1, 0.15) is 42.6 Å². The van der Waals surface area contributed by atoms with Crippen molar-refractivity contribution < 1.29 is 17.9 Å². The molecule has 0 amide bonds. The van der Waals surface area contributed by atoms with E-state index in [2.05, 4.69) is 14.4 Å². The summed E-state index contributed by atoms with van der Waals surface area (Å²) in [4.78, 5) is 15.4. The van der Waals surface area contributed by atoms with Crippen LogP contribution in [0.2, 0.25) is 0 Å². The third-order valence-electron chi connectivity index (χ3n) is 3.94. The number of aromatic nitrogens is 1. The van der Waals surface area contributed by atoms with Crippen molar-refractivity contribution in [3.63, 3.8) is 0 Å². The number of rotatable bonds is 6. The Bertz CT molecular complexity index is 614. The van der Waals surface area contributed by atoms with Gasteiger partial charge in [0.2, 0.25) is 0 Å². The number of ether oxygens (including phenoxy) is 1. The smallest absolute Gasteiger partial charge is 0.358 e. The first kappa shape index (κ1) is 20.3. The summed E-state index contributed by atoms with van der Waals surface area (Å²) < 4.78 is 32.2. The number of nitrogens with one attached hydrogen (secondary N) is 1. The zero-order chi connectivity index (χ0) is 16.2. The van der Waals surface area contributed by atoms with Crippen LogP contribution in [0.25, 0.3) is 0 Å². The third kappa shape index (κ3) is 4.87. The maximum atomic E-state index is 12.5. The predicted molar refractivity (Wildman–Crippen MR) is 90.4 cm³/mol. The van der Waals surface area contributed by atoms with Crippen molar-refractivity contribution in [2.45, 2.75) is 42.4 Å². The molecule has 23 heavy (non-hydrogen) atoms. The first-order valence-corrected chi connectivity index (χ1v) is 9.60. The second-order valence-corrected chi connectivity index (χ2v) is 8.11. The second kappa shape index (κ2) is 8.93. The van der Waals surface area contributed by atoms with Gasteiger partial charge in [-0.1, -0.05) is 19.3 Å². The lowest BCUT2D eigenvalue weighted by atomic mass is 9.84. The van der Waals surface area contributed by atoms with Gasteiger partial charge in [0.15, 0.2) is 9.90 Å². The van der Waals surface area contributed by atoms with E-state index in [9.17, 15) is 13.2 Å². The average Bonchev–Trinajstić information content (AvgIpc) is 3.03. The molecule has 3 N–H and O–H groups in total. The van der Waals surface area contributed by atoms with Crippen LogP contribution in [0.15, 0.2) is 9.72 Å². The van der Waals surface area contributed by atoms with Gasteiger partial charge in [-0.05, 0) is 18.8 Å². The van der Waals surface area contributed by atoms with Crippen molar-refractivity contribution in [2.75, 3.05) is 13.7 Å². The Morgan fingerprint density at radius 1 is 1.48 bits per heavy atom. The van der Waals surface area contributed by atoms with Crippen LogP contribution < -0.4 is 10.5 Å². The fourth-order valence-electron chi connectivity index (χ4n) is 2.78. The highest BCUT2D eigenvalue weighted by Gasteiger charge is 2.31.